The molecule has 2 N–H and O–H groups in total. The molecule has 96 valence electrons. The predicted octanol–water partition coefficient (Wildman–Crippen LogP) is 2.40. The molecular weight excluding hydrogens is 214 g/mol. The first-order valence-electron chi connectivity index (χ1n) is 6.59. The fraction of sp³-hybridized carbons (Fsp3) is 0.769. The van der Waals surface area contributed by atoms with Gasteiger partial charge < -0.3 is 15.0 Å². The number of ether oxygens (including phenoxy) is 1. The molecule has 0 bridgehead atoms. The minimum absolute atomic E-state index is 0.174. The number of nitrogens with zero attached hydrogens (tertiary/aromatic N) is 1. The Hall–Kier alpha value is -0.870. The summed E-state index contributed by atoms with van der Waals surface area (Å²) >= 11 is 0. The number of rotatable bonds is 7. The maximum atomic E-state index is 5.78. The molecule has 0 aromatic carbocycles. The Morgan fingerprint density at radius 1 is 1.53 bits per heavy atom. The lowest BCUT2D eigenvalue weighted by Gasteiger charge is -2.13. The molecule has 1 heterocycles. The lowest BCUT2D eigenvalue weighted by Crippen LogP contribution is -2.22. The van der Waals surface area contributed by atoms with Gasteiger partial charge in [-0.15, -0.1) is 0 Å². The van der Waals surface area contributed by atoms with Crippen molar-refractivity contribution in [3.63, 3.8) is 0 Å². The molecule has 1 saturated carbocycles. The fourth-order valence-electron chi connectivity index (χ4n) is 1.94. The summed E-state index contributed by atoms with van der Waals surface area (Å²) in [6.07, 6.45) is 4.63. The fourth-order valence-corrected chi connectivity index (χ4v) is 1.94. The Morgan fingerprint density at radius 3 is 2.88 bits per heavy atom. The van der Waals surface area contributed by atoms with Gasteiger partial charge >= 0.3 is 0 Å². The summed E-state index contributed by atoms with van der Waals surface area (Å²) in [5.41, 5.74) is 1.14. The largest absolute Gasteiger partial charge is 0.370 e. The summed E-state index contributed by atoms with van der Waals surface area (Å²) in [4.78, 5) is 7.83. The first-order chi connectivity index (χ1) is 8.20. The molecule has 4 nitrogen and oxygen atoms in total. The molecule has 1 aliphatic carbocycles. The third-order valence-electron chi connectivity index (χ3n) is 3.01. The molecule has 0 spiro atoms. The molecule has 1 unspecified atom stereocenters. The average molecular weight is 237 g/mol. The van der Waals surface area contributed by atoms with Crippen LogP contribution in [-0.2, 0) is 11.3 Å². The minimum atomic E-state index is 0.174. The van der Waals surface area contributed by atoms with E-state index >= 15 is 0 Å². The lowest BCUT2D eigenvalue weighted by atomic mass is 10.2. The van der Waals surface area contributed by atoms with Gasteiger partial charge in [-0.1, -0.05) is 13.8 Å². The molecule has 0 radical (unpaired) electrons. The summed E-state index contributed by atoms with van der Waals surface area (Å²) < 4.78 is 5.78. The van der Waals surface area contributed by atoms with Crippen LogP contribution >= 0.6 is 0 Å². The van der Waals surface area contributed by atoms with Crippen LogP contribution in [0.3, 0.4) is 0 Å². The standard InChI is InChI=1S/C13H23N3O/c1-4-17-12(10-5-6-10)13-15-8-11(16-13)7-14-9(2)3/h8-10,12,14H,4-7H2,1-3H3,(H,15,16). The van der Waals surface area contributed by atoms with Crippen molar-refractivity contribution in [2.75, 3.05) is 6.61 Å². The first kappa shape index (κ1) is 12.6. The van der Waals surface area contributed by atoms with Crippen LogP contribution in [0.25, 0.3) is 0 Å². The van der Waals surface area contributed by atoms with Gasteiger partial charge in [0.25, 0.3) is 0 Å². The zero-order valence-corrected chi connectivity index (χ0v) is 11.0. The van der Waals surface area contributed by atoms with Crippen LogP contribution in [0.5, 0.6) is 0 Å². The van der Waals surface area contributed by atoms with Crippen LogP contribution in [0.4, 0.5) is 0 Å². The topological polar surface area (TPSA) is 49.9 Å². The highest BCUT2D eigenvalue weighted by molar-refractivity contribution is 5.06. The van der Waals surface area contributed by atoms with Gasteiger partial charge in [-0.25, -0.2) is 4.98 Å². The van der Waals surface area contributed by atoms with E-state index in [1.165, 1.54) is 12.8 Å². The highest BCUT2D eigenvalue weighted by atomic mass is 16.5. The van der Waals surface area contributed by atoms with E-state index in [4.69, 9.17) is 4.74 Å². The van der Waals surface area contributed by atoms with Crippen LogP contribution in [0.2, 0.25) is 0 Å². The number of hydrogen-bond donors (Lipinski definition) is 2. The lowest BCUT2D eigenvalue weighted by molar-refractivity contribution is 0.0405. The highest BCUT2D eigenvalue weighted by Gasteiger charge is 2.34. The second-order valence-corrected chi connectivity index (χ2v) is 5.04. The van der Waals surface area contributed by atoms with E-state index < -0.39 is 0 Å². The second kappa shape index (κ2) is 5.65. The number of H-pyrrole nitrogens is 1. The van der Waals surface area contributed by atoms with Crippen molar-refractivity contribution in [1.82, 2.24) is 15.3 Å². The van der Waals surface area contributed by atoms with Crippen molar-refractivity contribution in [1.29, 1.82) is 0 Å². The number of aromatic nitrogens is 2. The van der Waals surface area contributed by atoms with Gasteiger partial charge in [-0.05, 0) is 25.7 Å². The van der Waals surface area contributed by atoms with E-state index in [0.717, 1.165) is 24.7 Å². The van der Waals surface area contributed by atoms with Crippen molar-refractivity contribution >= 4 is 0 Å². The van der Waals surface area contributed by atoms with Gasteiger partial charge in [0.05, 0.1) is 0 Å². The Bertz CT molecular complexity index is 344. The van der Waals surface area contributed by atoms with Crippen LogP contribution in [0.15, 0.2) is 6.20 Å². The molecule has 2 rings (SSSR count). The maximum Gasteiger partial charge on any atom is 0.135 e. The third-order valence-corrected chi connectivity index (χ3v) is 3.01. The van der Waals surface area contributed by atoms with E-state index in [9.17, 15) is 0 Å². The molecular formula is C13H23N3O. The molecule has 17 heavy (non-hydrogen) atoms. The average Bonchev–Trinajstić information content (AvgIpc) is 3.02. The molecule has 4 heteroatoms. The maximum absolute atomic E-state index is 5.78. The summed E-state index contributed by atoms with van der Waals surface area (Å²) in [7, 11) is 0. The molecule has 1 fully saturated rings. The van der Waals surface area contributed by atoms with Gasteiger partial charge in [-0.3, -0.25) is 0 Å². The number of nitrogens with one attached hydrogen (secondary N) is 2. The van der Waals surface area contributed by atoms with Crippen molar-refractivity contribution in [3.05, 3.63) is 17.7 Å². The third kappa shape index (κ3) is 3.54. The number of imidazole rings is 1. The van der Waals surface area contributed by atoms with Gasteiger partial charge in [0, 0.05) is 31.1 Å². The smallest absolute Gasteiger partial charge is 0.135 e. The van der Waals surface area contributed by atoms with Gasteiger partial charge in [0.15, 0.2) is 0 Å². The van der Waals surface area contributed by atoms with Crippen LogP contribution in [0.1, 0.15) is 51.2 Å². The van der Waals surface area contributed by atoms with Crippen molar-refractivity contribution < 1.29 is 4.74 Å². The van der Waals surface area contributed by atoms with Crippen LogP contribution < -0.4 is 5.32 Å². The Kier molecular flexibility index (Phi) is 4.18. The summed E-state index contributed by atoms with van der Waals surface area (Å²) in [5, 5.41) is 3.38. The predicted molar refractivity (Wildman–Crippen MR) is 67.7 cm³/mol. The zero-order chi connectivity index (χ0) is 12.3. The Morgan fingerprint density at radius 2 is 2.29 bits per heavy atom. The normalized spacial score (nSPS) is 17.6. The quantitative estimate of drug-likeness (QED) is 0.765. The van der Waals surface area contributed by atoms with Gasteiger partial charge in [0.2, 0.25) is 0 Å². The molecule has 1 atom stereocenters. The van der Waals surface area contributed by atoms with Crippen molar-refractivity contribution in [2.24, 2.45) is 5.92 Å². The van der Waals surface area contributed by atoms with E-state index in [1.807, 2.05) is 13.1 Å². The van der Waals surface area contributed by atoms with E-state index in [0.29, 0.717) is 12.0 Å². The highest BCUT2D eigenvalue weighted by Crippen LogP contribution is 2.42. The minimum Gasteiger partial charge on any atom is -0.370 e. The van der Waals surface area contributed by atoms with E-state index in [1.54, 1.807) is 0 Å². The van der Waals surface area contributed by atoms with E-state index in [2.05, 4.69) is 29.1 Å². The molecule has 1 aromatic rings. The van der Waals surface area contributed by atoms with Crippen molar-refractivity contribution in [3.8, 4) is 0 Å². The van der Waals surface area contributed by atoms with Gasteiger partial charge in [-0.2, -0.15) is 0 Å². The summed E-state index contributed by atoms with van der Waals surface area (Å²) in [6, 6.07) is 0.493. The monoisotopic (exact) mass is 237 g/mol. The number of aromatic amines is 1. The van der Waals surface area contributed by atoms with E-state index in [-0.39, 0.29) is 6.10 Å². The molecule has 0 aliphatic heterocycles. The summed E-state index contributed by atoms with van der Waals surface area (Å²) in [6.45, 7) is 7.92. The zero-order valence-electron chi connectivity index (χ0n) is 11.0. The molecule has 1 aromatic heterocycles. The molecule has 0 saturated heterocycles. The molecule has 0 amide bonds. The Labute approximate surface area is 103 Å². The molecule has 1 aliphatic rings. The number of hydrogen-bond acceptors (Lipinski definition) is 3. The Balaban J connectivity index is 1.95. The van der Waals surface area contributed by atoms with Gasteiger partial charge in [0.1, 0.15) is 11.9 Å². The van der Waals surface area contributed by atoms with Crippen molar-refractivity contribution in [2.45, 2.75) is 52.3 Å². The SMILES string of the molecule is CCOC(c1ncc(CNC(C)C)[nH]1)C1CC1. The van der Waals surface area contributed by atoms with Crippen LogP contribution in [-0.4, -0.2) is 22.6 Å². The summed E-state index contributed by atoms with van der Waals surface area (Å²) in [5.74, 6) is 1.67. The second-order valence-electron chi connectivity index (χ2n) is 5.04. The first-order valence-corrected chi connectivity index (χ1v) is 6.59. The van der Waals surface area contributed by atoms with Crippen LogP contribution in [0, 0.1) is 5.92 Å².